The van der Waals surface area contributed by atoms with Crippen LogP contribution in [0.15, 0.2) is 72.8 Å². The topological polar surface area (TPSA) is 59.1 Å². The van der Waals surface area contributed by atoms with Gasteiger partial charge in [0.05, 0.1) is 31.4 Å². The van der Waals surface area contributed by atoms with E-state index in [4.69, 9.17) is 9.47 Å². The summed E-state index contributed by atoms with van der Waals surface area (Å²) in [4.78, 5) is 30.6. The standard InChI is InChI=1S/C27H28N2O4/c1-5-33-23-13-9-8-12-22(23)28(2)27(31)24-20-10-6-7-11-21(20)26(30)29(3)25(24)18-14-16-19(32-4)17-15-18/h6-17,24-25H,5H2,1-4H3/t24-,25-/m1/s1. The highest BCUT2D eigenvalue weighted by molar-refractivity contribution is 6.05. The summed E-state index contributed by atoms with van der Waals surface area (Å²) in [6.45, 7) is 2.41. The van der Waals surface area contributed by atoms with Gasteiger partial charge in [-0.25, -0.2) is 0 Å². The molecule has 170 valence electrons. The Kier molecular flexibility index (Phi) is 6.36. The van der Waals surface area contributed by atoms with Crippen LogP contribution in [0.3, 0.4) is 0 Å². The van der Waals surface area contributed by atoms with E-state index in [-0.39, 0.29) is 11.8 Å². The minimum Gasteiger partial charge on any atom is -0.497 e. The molecule has 0 saturated carbocycles. The van der Waals surface area contributed by atoms with Crippen molar-refractivity contribution in [1.29, 1.82) is 0 Å². The molecule has 0 unspecified atom stereocenters. The SMILES string of the molecule is CCOc1ccccc1N(C)C(=O)[C@@H]1c2ccccc2C(=O)N(C)[C@@H]1c1ccc(OC)cc1. The van der Waals surface area contributed by atoms with Crippen molar-refractivity contribution in [2.75, 3.05) is 32.7 Å². The first-order valence-electron chi connectivity index (χ1n) is 11.0. The Morgan fingerprint density at radius 2 is 1.67 bits per heavy atom. The van der Waals surface area contributed by atoms with Crippen molar-refractivity contribution in [3.05, 3.63) is 89.5 Å². The number of anilines is 1. The van der Waals surface area contributed by atoms with E-state index < -0.39 is 12.0 Å². The number of fused-ring (bicyclic) bond motifs is 1. The summed E-state index contributed by atoms with van der Waals surface area (Å²) in [5, 5.41) is 0. The van der Waals surface area contributed by atoms with Gasteiger partial charge in [-0.3, -0.25) is 9.59 Å². The fraction of sp³-hybridized carbons (Fsp3) is 0.259. The normalized spacial score (nSPS) is 17.3. The Hall–Kier alpha value is -3.80. The lowest BCUT2D eigenvalue weighted by Gasteiger charge is -2.41. The quantitative estimate of drug-likeness (QED) is 0.555. The lowest BCUT2D eigenvalue weighted by atomic mass is 9.79. The number of carbonyl (C=O) groups excluding carboxylic acids is 2. The Balaban J connectivity index is 1.83. The second-order valence-corrected chi connectivity index (χ2v) is 8.00. The Labute approximate surface area is 194 Å². The first kappa shape index (κ1) is 22.4. The van der Waals surface area contributed by atoms with Crippen molar-refractivity contribution < 1.29 is 19.1 Å². The molecule has 2 amide bonds. The molecule has 1 aliphatic rings. The van der Waals surface area contributed by atoms with Crippen LogP contribution in [0.2, 0.25) is 0 Å². The van der Waals surface area contributed by atoms with Crippen LogP contribution in [-0.2, 0) is 4.79 Å². The lowest BCUT2D eigenvalue weighted by Crippen LogP contribution is -2.46. The first-order chi connectivity index (χ1) is 16.0. The zero-order valence-electron chi connectivity index (χ0n) is 19.3. The van der Waals surface area contributed by atoms with E-state index >= 15 is 0 Å². The predicted octanol–water partition coefficient (Wildman–Crippen LogP) is 4.67. The smallest absolute Gasteiger partial charge is 0.254 e. The Bertz CT molecular complexity index is 1160. The number of hydrogen-bond acceptors (Lipinski definition) is 4. The molecule has 0 aromatic heterocycles. The van der Waals surface area contributed by atoms with Gasteiger partial charge in [0.25, 0.3) is 5.91 Å². The summed E-state index contributed by atoms with van der Waals surface area (Å²) in [6.07, 6.45) is 0. The molecule has 6 heteroatoms. The maximum Gasteiger partial charge on any atom is 0.254 e. The van der Waals surface area contributed by atoms with Crippen molar-refractivity contribution >= 4 is 17.5 Å². The molecule has 6 nitrogen and oxygen atoms in total. The highest BCUT2D eigenvalue weighted by Crippen LogP contribution is 2.44. The monoisotopic (exact) mass is 444 g/mol. The van der Waals surface area contributed by atoms with E-state index in [0.717, 1.165) is 16.9 Å². The number of ether oxygens (including phenoxy) is 2. The summed E-state index contributed by atoms with van der Waals surface area (Å²) in [5.41, 5.74) is 2.84. The van der Waals surface area contributed by atoms with Gasteiger partial charge in [-0.1, -0.05) is 42.5 Å². The lowest BCUT2D eigenvalue weighted by molar-refractivity contribution is -0.121. The highest BCUT2D eigenvalue weighted by Gasteiger charge is 2.44. The summed E-state index contributed by atoms with van der Waals surface area (Å²) < 4.78 is 11.1. The van der Waals surface area contributed by atoms with E-state index in [2.05, 4.69) is 0 Å². The summed E-state index contributed by atoms with van der Waals surface area (Å²) in [7, 11) is 5.12. The molecular weight excluding hydrogens is 416 g/mol. The average Bonchev–Trinajstić information content (AvgIpc) is 2.86. The van der Waals surface area contributed by atoms with Crippen LogP contribution in [0.5, 0.6) is 11.5 Å². The minimum absolute atomic E-state index is 0.104. The summed E-state index contributed by atoms with van der Waals surface area (Å²) in [6, 6.07) is 21.9. The molecule has 1 heterocycles. The van der Waals surface area contributed by atoms with E-state index in [1.54, 1.807) is 37.1 Å². The van der Waals surface area contributed by atoms with Gasteiger partial charge in [0.1, 0.15) is 11.5 Å². The molecule has 0 N–H and O–H groups in total. The second-order valence-electron chi connectivity index (χ2n) is 8.00. The van der Waals surface area contributed by atoms with Crippen LogP contribution in [0.25, 0.3) is 0 Å². The molecule has 3 aromatic carbocycles. The van der Waals surface area contributed by atoms with Crippen LogP contribution in [0, 0.1) is 0 Å². The van der Waals surface area contributed by atoms with E-state index in [1.165, 1.54) is 0 Å². The second kappa shape index (κ2) is 9.36. The highest BCUT2D eigenvalue weighted by atomic mass is 16.5. The number of benzene rings is 3. The summed E-state index contributed by atoms with van der Waals surface area (Å²) in [5.74, 6) is 0.555. The van der Waals surface area contributed by atoms with Gasteiger partial charge in [0.15, 0.2) is 0 Å². The van der Waals surface area contributed by atoms with Crippen LogP contribution in [-0.4, -0.2) is 44.5 Å². The number of nitrogens with zero attached hydrogens (tertiary/aromatic N) is 2. The third kappa shape index (κ3) is 4.04. The number of hydrogen-bond donors (Lipinski definition) is 0. The number of amides is 2. The third-order valence-corrected chi connectivity index (χ3v) is 6.16. The fourth-order valence-electron chi connectivity index (χ4n) is 4.50. The predicted molar refractivity (Wildman–Crippen MR) is 128 cm³/mol. The summed E-state index contributed by atoms with van der Waals surface area (Å²) >= 11 is 0. The van der Waals surface area contributed by atoms with Gasteiger partial charge >= 0.3 is 0 Å². The zero-order chi connectivity index (χ0) is 23.5. The molecule has 0 fully saturated rings. The average molecular weight is 445 g/mol. The van der Waals surface area contributed by atoms with Crippen LogP contribution in [0.1, 0.15) is 40.4 Å². The molecule has 0 aliphatic carbocycles. The molecule has 33 heavy (non-hydrogen) atoms. The molecule has 0 bridgehead atoms. The van der Waals surface area contributed by atoms with Crippen LogP contribution in [0.4, 0.5) is 5.69 Å². The van der Waals surface area contributed by atoms with Crippen LogP contribution < -0.4 is 14.4 Å². The number of rotatable bonds is 6. The molecule has 4 rings (SSSR count). The molecule has 2 atom stereocenters. The zero-order valence-corrected chi connectivity index (χ0v) is 19.3. The van der Waals surface area contributed by atoms with Crippen molar-refractivity contribution in [2.24, 2.45) is 0 Å². The largest absolute Gasteiger partial charge is 0.497 e. The van der Waals surface area contributed by atoms with Crippen molar-refractivity contribution in [1.82, 2.24) is 4.90 Å². The Morgan fingerprint density at radius 1 is 1.00 bits per heavy atom. The molecule has 1 aliphatic heterocycles. The molecule has 0 radical (unpaired) electrons. The van der Waals surface area contributed by atoms with Gasteiger partial charge in [-0.15, -0.1) is 0 Å². The molecule has 0 saturated heterocycles. The fourth-order valence-corrected chi connectivity index (χ4v) is 4.50. The molecule has 3 aromatic rings. The Morgan fingerprint density at radius 3 is 2.36 bits per heavy atom. The van der Waals surface area contributed by atoms with Gasteiger partial charge in [0, 0.05) is 19.7 Å². The van der Waals surface area contributed by atoms with E-state index in [0.29, 0.717) is 23.6 Å². The van der Waals surface area contributed by atoms with E-state index in [1.807, 2.05) is 73.7 Å². The van der Waals surface area contributed by atoms with Gasteiger partial charge < -0.3 is 19.3 Å². The third-order valence-electron chi connectivity index (χ3n) is 6.16. The van der Waals surface area contributed by atoms with Gasteiger partial charge in [0.2, 0.25) is 5.91 Å². The molecule has 0 spiro atoms. The maximum atomic E-state index is 14.1. The number of carbonyl (C=O) groups is 2. The number of para-hydroxylation sites is 2. The van der Waals surface area contributed by atoms with Crippen molar-refractivity contribution in [3.8, 4) is 11.5 Å². The first-order valence-corrected chi connectivity index (χ1v) is 11.0. The number of likely N-dealkylation sites (N-methyl/N-ethyl adjacent to an activating group) is 2. The van der Waals surface area contributed by atoms with Crippen molar-refractivity contribution in [3.63, 3.8) is 0 Å². The van der Waals surface area contributed by atoms with Crippen LogP contribution >= 0.6 is 0 Å². The van der Waals surface area contributed by atoms with Gasteiger partial charge in [-0.05, 0) is 48.4 Å². The van der Waals surface area contributed by atoms with E-state index in [9.17, 15) is 9.59 Å². The van der Waals surface area contributed by atoms with Crippen molar-refractivity contribution in [2.45, 2.75) is 18.9 Å². The maximum absolute atomic E-state index is 14.1. The minimum atomic E-state index is -0.586. The molecular formula is C27H28N2O4. The van der Waals surface area contributed by atoms with Gasteiger partial charge in [-0.2, -0.15) is 0 Å². The number of methoxy groups -OCH3 is 1.